The fraction of sp³-hybridized carbons (Fsp3) is 0.545. The van der Waals surface area contributed by atoms with Gasteiger partial charge in [0.25, 0.3) is 0 Å². The Labute approximate surface area is 174 Å². The number of ether oxygens (including phenoxy) is 4. The van der Waals surface area contributed by atoms with E-state index >= 15 is 0 Å². The van der Waals surface area contributed by atoms with Gasteiger partial charge in [0.1, 0.15) is 12.4 Å². The van der Waals surface area contributed by atoms with Crippen LogP contribution in [0.5, 0.6) is 0 Å². The van der Waals surface area contributed by atoms with E-state index in [1.165, 1.54) is 6.92 Å². The first-order chi connectivity index (χ1) is 14.1. The van der Waals surface area contributed by atoms with Gasteiger partial charge >= 0.3 is 17.9 Å². The molecule has 0 saturated carbocycles. The van der Waals surface area contributed by atoms with Crippen molar-refractivity contribution >= 4 is 24.2 Å². The summed E-state index contributed by atoms with van der Waals surface area (Å²) >= 11 is 0. The number of esters is 3. The summed E-state index contributed by atoms with van der Waals surface area (Å²) < 4.78 is 22.0. The highest BCUT2D eigenvalue weighted by molar-refractivity contribution is 5.92. The summed E-state index contributed by atoms with van der Waals surface area (Å²) in [6.45, 7) is 10.2. The predicted octanol–water partition coefficient (Wildman–Crippen LogP) is 1.97. The lowest BCUT2D eigenvalue weighted by Crippen LogP contribution is -2.47. The molecular weight excluding hydrogens is 392 g/mol. The van der Waals surface area contributed by atoms with E-state index in [0.717, 1.165) is 5.57 Å². The minimum absolute atomic E-state index is 0.0831. The third-order valence-corrected chi connectivity index (χ3v) is 5.83. The Hall–Kier alpha value is -2.74. The Kier molecular flexibility index (Phi) is 5.99. The van der Waals surface area contributed by atoms with Crippen molar-refractivity contribution < 1.29 is 38.1 Å². The average molecular weight is 418 g/mol. The summed E-state index contributed by atoms with van der Waals surface area (Å²) in [5.74, 6) is -2.80. The minimum atomic E-state index is -1.22. The van der Waals surface area contributed by atoms with Crippen LogP contribution in [0.3, 0.4) is 0 Å². The first-order valence-electron chi connectivity index (χ1n) is 9.87. The predicted molar refractivity (Wildman–Crippen MR) is 104 cm³/mol. The highest BCUT2D eigenvalue weighted by Gasteiger charge is 2.59. The molecule has 3 rings (SSSR count). The smallest absolute Gasteiger partial charge is 0.341 e. The Morgan fingerprint density at radius 2 is 2.00 bits per heavy atom. The Balaban J connectivity index is 2.09. The number of aldehydes is 1. The molecule has 6 atom stereocenters. The highest BCUT2D eigenvalue weighted by Crippen LogP contribution is 2.41. The Morgan fingerprint density at radius 1 is 1.33 bits per heavy atom. The molecule has 8 heteroatoms. The van der Waals surface area contributed by atoms with Gasteiger partial charge in [-0.2, -0.15) is 0 Å². The lowest BCUT2D eigenvalue weighted by molar-refractivity contribution is -0.172. The Bertz CT molecular complexity index is 853. The average Bonchev–Trinajstić information content (AvgIpc) is 3.20. The molecule has 0 bridgehead atoms. The van der Waals surface area contributed by atoms with Crippen LogP contribution in [0, 0.1) is 5.92 Å². The van der Waals surface area contributed by atoms with Crippen molar-refractivity contribution in [3.05, 3.63) is 35.5 Å². The van der Waals surface area contributed by atoms with Crippen LogP contribution in [-0.4, -0.2) is 54.2 Å². The first-order valence-corrected chi connectivity index (χ1v) is 9.87. The van der Waals surface area contributed by atoms with Crippen LogP contribution >= 0.6 is 0 Å². The standard InChI is InChI=1S/C22H26O8/c1-11-7-6-8-15(10-23)18(27-14(4)24)19(29-21(26)22(5)13(3)30-22)17-12(2)20(25)28-16(17)9-11/h8-10,13,16-19H,2,6-7H2,1,3-5H3. The monoisotopic (exact) mass is 418 g/mol. The zero-order valence-corrected chi connectivity index (χ0v) is 17.5. The molecule has 1 aliphatic carbocycles. The highest BCUT2D eigenvalue weighted by atomic mass is 16.7. The van der Waals surface area contributed by atoms with E-state index in [9.17, 15) is 19.2 Å². The number of rotatable bonds is 4. The maximum absolute atomic E-state index is 12.9. The van der Waals surface area contributed by atoms with Gasteiger partial charge in [-0.05, 0) is 39.7 Å². The third-order valence-electron chi connectivity index (χ3n) is 5.83. The van der Waals surface area contributed by atoms with Crippen LogP contribution in [0.25, 0.3) is 0 Å². The van der Waals surface area contributed by atoms with Gasteiger partial charge in [0, 0.05) is 18.1 Å². The van der Waals surface area contributed by atoms with Gasteiger partial charge < -0.3 is 18.9 Å². The van der Waals surface area contributed by atoms with E-state index in [1.807, 2.05) is 6.92 Å². The second kappa shape index (κ2) is 8.18. The minimum Gasteiger partial charge on any atom is -0.455 e. The molecule has 30 heavy (non-hydrogen) atoms. The fourth-order valence-electron chi connectivity index (χ4n) is 3.81. The number of allylic oxidation sites excluding steroid dienone is 2. The second-order valence-electron chi connectivity index (χ2n) is 8.06. The Morgan fingerprint density at radius 3 is 2.57 bits per heavy atom. The number of hydrogen-bond donors (Lipinski definition) is 0. The van der Waals surface area contributed by atoms with Gasteiger partial charge in [-0.3, -0.25) is 9.59 Å². The maximum atomic E-state index is 12.9. The molecule has 2 fully saturated rings. The summed E-state index contributed by atoms with van der Waals surface area (Å²) in [7, 11) is 0. The number of fused-ring (bicyclic) bond motifs is 1. The zero-order chi connectivity index (χ0) is 22.2. The van der Waals surface area contributed by atoms with Gasteiger partial charge in [-0.1, -0.05) is 18.2 Å². The molecule has 0 aromatic heterocycles. The molecule has 0 amide bonds. The van der Waals surface area contributed by atoms with Crippen LogP contribution in [0.4, 0.5) is 0 Å². The number of carbonyl (C=O) groups excluding carboxylic acids is 4. The topological polar surface area (TPSA) is 109 Å². The number of carbonyl (C=O) groups is 4. The van der Waals surface area contributed by atoms with Gasteiger partial charge in [-0.15, -0.1) is 0 Å². The van der Waals surface area contributed by atoms with Crippen molar-refractivity contribution in [3.8, 4) is 0 Å². The van der Waals surface area contributed by atoms with Crippen molar-refractivity contribution in [2.45, 2.75) is 70.6 Å². The van der Waals surface area contributed by atoms with Gasteiger partial charge in [0.15, 0.2) is 17.8 Å². The molecule has 0 aromatic carbocycles. The first kappa shape index (κ1) is 22.0. The largest absolute Gasteiger partial charge is 0.455 e. The SMILES string of the molecule is C=C1C(=O)OC2C=C(C)CCC=C(C=O)C(OC(C)=O)C(OC(=O)C3(C)OC3C)C12. The van der Waals surface area contributed by atoms with Crippen molar-refractivity contribution in [1.29, 1.82) is 0 Å². The van der Waals surface area contributed by atoms with Crippen LogP contribution in [0.2, 0.25) is 0 Å². The normalized spacial score (nSPS) is 35.9. The molecule has 2 aliphatic heterocycles. The van der Waals surface area contributed by atoms with Crippen molar-refractivity contribution in [2.75, 3.05) is 0 Å². The van der Waals surface area contributed by atoms with E-state index in [2.05, 4.69) is 6.58 Å². The van der Waals surface area contributed by atoms with E-state index in [-0.39, 0.29) is 17.3 Å². The van der Waals surface area contributed by atoms with Crippen molar-refractivity contribution in [2.24, 2.45) is 5.92 Å². The summed E-state index contributed by atoms with van der Waals surface area (Å²) in [6, 6.07) is 0. The zero-order valence-electron chi connectivity index (χ0n) is 17.5. The molecule has 3 aliphatic rings. The molecule has 2 saturated heterocycles. The summed E-state index contributed by atoms with van der Waals surface area (Å²) in [5.41, 5.74) is 0.0297. The van der Waals surface area contributed by atoms with Crippen LogP contribution in [-0.2, 0) is 38.1 Å². The molecule has 0 N–H and O–H groups in total. The molecule has 8 nitrogen and oxygen atoms in total. The maximum Gasteiger partial charge on any atom is 0.341 e. The van der Waals surface area contributed by atoms with E-state index in [1.54, 1.807) is 26.0 Å². The van der Waals surface area contributed by atoms with E-state index in [4.69, 9.17) is 18.9 Å². The lowest BCUT2D eigenvalue weighted by Gasteiger charge is -2.33. The van der Waals surface area contributed by atoms with Crippen molar-refractivity contribution in [1.82, 2.24) is 0 Å². The molecule has 0 spiro atoms. The van der Waals surface area contributed by atoms with Gasteiger partial charge in [0.2, 0.25) is 0 Å². The van der Waals surface area contributed by atoms with Crippen LogP contribution in [0.15, 0.2) is 35.5 Å². The number of hydrogen-bond acceptors (Lipinski definition) is 8. The molecule has 162 valence electrons. The third kappa shape index (κ3) is 4.09. The molecule has 6 unspecified atom stereocenters. The lowest BCUT2D eigenvalue weighted by atomic mass is 9.83. The van der Waals surface area contributed by atoms with Crippen molar-refractivity contribution in [3.63, 3.8) is 0 Å². The second-order valence-corrected chi connectivity index (χ2v) is 8.06. The summed E-state index contributed by atoms with van der Waals surface area (Å²) in [5, 5.41) is 0. The van der Waals surface area contributed by atoms with Crippen LogP contribution in [0.1, 0.15) is 40.5 Å². The van der Waals surface area contributed by atoms with Gasteiger partial charge in [-0.25, -0.2) is 9.59 Å². The summed E-state index contributed by atoms with van der Waals surface area (Å²) in [6.07, 6.45) is 1.59. The quantitative estimate of drug-likeness (QED) is 0.170. The molecule has 0 aromatic rings. The summed E-state index contributed by atoms with van der Waals surface area (Å²) in [4.78, 5) is 48.9. The fourth-order valence-corrected chi connectivity index (χ4v) is 3.81. The van der Waals surface area contributed by atoms with Crippen LogP contribution < -0.4 is 0 Å². The molecule has 0 radical (unpaired) electrons. The van der Waals surface area contributed by atoms with E-state index in [0.29, 0.717) is 19.1 Å². The molecular formula is C22H26O8. The number of epoxide rings is 1. The molecule has 2 heterocycles. The van der Waals surface area contributed by atoms with E-state index < -0.39 is 47.7 Å². The van der Waals surface area contributed by atoms with Gasteiger partial charge in [0.05, 0.1) is 12.0 Å².